The predicted octanol–water partition coefficient (Wildman–Crippen LogP) is 5.98. The molecule has 0 saturated carbocycles. The van der Waals surface area contributed by atoms with E-state index in [4.69, 9.17) is 4.74 Å². The number of fused-ring (bicyclic) bond motifs is 1. The molecule has 1 heterocycles. The third kappa shape index (κ3) is 5.60. The quantitative estimate of drug-likeness (QED) is 0.407. The summed E-state index contributed by atoms with van der Waals surface area (Å²) in [6.45, 7) is 8.40. The molecule has 182 valence electrons. The fourth-order valence-electron chi connectivity index (χ4n) is 5.57. The molecule has 0 aromatic heterocycles. The van der Waals surface area contributed by atoms with Gasteiger partial charge in [-0.2, -0.15) is 0 Å². The fraction of sp³-hybridized carbons (Fsp3) is 0.533. The number of ether oxygens (including phenoxy) is 1. The van der Waals surface area contributed by atoms with Gasteiger partial charge >= 0.3 is 0 Å². The zero-order valence-corrected chi connectivity index (χ0v) is 21.6. The van der Waals surface area contributed by atoms with Crippen molar-refractivity contribution in [3.63, 3.8) is 0 Å². The lowest BCUT2D eigenvalue weighted by molar-refractivity contribution is 0.0903. The van der Waals surface area contributed by atoms with E-state index in [-0.39, 0.29) is 5.92 Å². The van der Waals surface area contributed by atoms with Crippen LogP contribution in [-0.2, 0) is 12.8 Å². The number of ketones is 1. The number of piperidine rings is 1. The van der Waals surface area contributed by atoms with E-state index in [0.717, 1.165) is 86.2 Å². The maximum Gasteiger partial charge on any atom is 0.166 e. The normalized spacial score (nSPS) is 20.4. The molecule has 1 fully saturated rings. The number of rotatable bonds is 5. The monoisotopic (exact) mass is 460 g/mol. The van der Waals surface area contributed by atoms with E-state index in [1.54, 1.807) is 0 Å². The Hall–Kier alpha value is -2.46. The van der Waals surface area contributed by atoms with Gasteiger partial charge in [-0.05, 0) is 119 Å². The lowest BCUT2D eigenvalue weighted by Gasteiger charge is -2.29. The van der Waals surface area contributed by atoms with Crippen molar-refractivity contribution in [3.8, 4) is 5.75 Å². The van der Waals surface area contributed by atoms with Crippen molar-refractivity contribution < 1.29 is 9.53 Å². The van der Waals surface area contributed by atoms with E-state index in [9.17, 15) is 4.79 Å². The molecule has 4 nitrogen and oxygen atoms in total. The van der Waals surface area contributed by atoms with Crippen LogP contribution in [0.4, 0.5) is 0 Å². The molecule has 2 aromatic rings. The van der Waals surface area contributed by atoms with Crippen LogP contribution in [0.1, 0.15) is 77.2 Å². The maximum atomic E-state index is 13.6. The van der Waals surface area contributed by atoms with E-state index >= 15 is 0 Å². The Kier molecular flexibility index (Phi) is 7.88. The van der Waals surface area contributed by atoms with Crippen LogP contribution in [0.5, 0.6) is 5.75 Å². The number of aryl methyl sites for hydroxylation is 4. The average molecular weight is 461 g/mol. The zero-order chi connectivity index (χ0) is 24.2. The number of Topliss-reactive ketones (excluding diaryl/α,β-unsaturated/α-hetero) is 1. The molecule has 1 aliphatic carbocycles. The van der Waals surface area contributed by atoms with Crippen molar-refractivity contribution in [3.05, 3.63) is 63.7 Å². The molecule has 2 aliphatic rings. The van der Waals surface area contributed by atoms with Gasteiger partial charge in [-0.3, -0.25) is 9.79 Å². The summed E-state index contributed by atoms with van der Waals surface area (Å²) in [4.78, 5) is 20.3. The van der Waals surface area contributed by atoms with Crippen molar-refractivity contribution in [2.75, 3.05) is 27.2 Å². The minimum absolute atomic E-state index is 0.0800. The van der Waals surface area contributed by atoms with Crippen molar-refractivity contribution in [1.82, 2.24) is 4.90 Å². The molecule has 0 amide bonds. The minimum atomic E-state index is 0.0800. The average Bonchev–Trinajstić information content (AvgIpc) is 2.81. The lowest BCUT2D eigenvalue weighted by atomic mass is 9.81. The Bertz CT molecular complexity index is 1060. The molecule has 2 aromatic carbocycles. The van der Waals surface area contributed by atoms with E-state index < -0.39 is 0 Å². The highest BCUT2D eigenvalue weighted by Crippen LogP contribution is 2.31. The van der Waals surface area contributed by atoms with Crippen LogP contribution in [0.2, 0.25) is 0 Å². The first-order chi connectivity index (χ1) is 16.4. The van der Waals surface area contributed by atoms with E-state index in [1.807, 2.05) is 14.0 Å². The zero-order valence-electron chi connectivity index (χ0n) is 21.6. The summed E-state index contributed by atoms with van der Waals surface area (Å²) >= 11 is 0. The summed E-state index contributed by atoms with van der Waals surface area (Å²) in [5, 5.41) is 0. The van der Waals surface area contributed by atoms with Gasteiger partial charge in [-0.1, -0.05) is 12.1 Å². The summed E-state index contributed by atoms with van der Waals surface area (Å²) in [7, 11) is 3.99. The van der Waals surface area contributed by atoms with Gasteiger partial charge in [0.25, 0.3) is 0 Å². The van der Waals surface area contributed by atoms with Crippen LogP contribution in [0.3, 0.4) is 0 Å². The summed E-state index contributed by atoms with van der Waals surface area (Å²) in [5.74, 6) is 1.39. The second-order valence-electron chi connectivity index (χ2n) is 10.3. The molecule has 4 rings (SSSR count). The van der Waals surface area contributed by atoms with Crippen LogP contribution < -0.4 is 4.74 Å². The third-order valence-corrected chi connectivity index (χ3v) is 7.84. The standard InChI is InChI=1S/C30H40N2O2/c1-20-17-21(2)29(19-28(20)22(3)31-4)30(33)24-7-6-8-25-18-27(12-11-23(25)9-10-24)34-26-13-15-32(5)16-14-26/h11-12,17-19,24,26H,6-10,13-16H2,1-5H3. The number of hydrogen-bond donors (Lipinski definition) is 0. The molecule has 0 spiro atoms. The topological polar surface area (TPSA) is 41.9 Å². The highest BCUT2D eigenvalue weighted by molar-refractivity contribution is 6.05. The van der Waals surface area contributed by atoms with E-state index in [0.29, 0.717) is 11.9 Å². The Morgan fingerprint density at radius 1 is 0.941 bits per heavy atom. The second-order valence-corrected chi connectivity index (χ2v) is 10.3. The molecule has 4 heteroatoms. The summed E-state index contributed by atoms with van der Waals surface area (Å²) in [6, 6.07) is 10.9. The van der Waals surface area contributed by atoms with Gasteiger partial charge in [-0.15, -0.1) is 0 Å². The minimum Gasteiger partial charge on any atom is -0.490 e. The highest BCUT2D eigenvalue weighted by Gasteiger charge is 2.25. The summed E-state index contributed by atoms with van der Waals surface area (Å²) < 4.78 is 6.33. The van der Waals surface area contributed by atoms with Gasteiger partial charge < -0.3 is 9.64 Å². The van der Waals surface area contributed by atoms with Gasteiger partial charge in [0.15, 0.2) is 5.78 Å². The fourth-order valence-corrected chi connectivity index (χ4v) is 5.57. The molecule has 1 saturated heterocycles. The molecule has 1 unspecified atom stereocenters. The molecule has 34 heavy (non-hydrogen) atoms. The van der Waals surface area contributed by atoms with Crippen molar-refractivity contribution in [2.45, 2.75) is 71.8 Å². The van der Waals surface area contributed by atoms with Gasteiger partial charge in [-0.25, -0.2) is 0 Å². The largest absolute Gasteiger partial charge is 0.490 e. The van der Waals surface area contributed by atoms with Crippen molar-refractivity contribution >= 4 is 11.5 Å². The molecule has 0 N–H and O–H groups in total. The lowest BCUT2D eigenvalue weighted by Crippen LogP contribution is -2.35. The van der Waals surface area contributed by atoms with Crippen molar-refractivity contribution in [1.29, 1.82) is 0 Å². The maximum absolute atomic E-state index is 13.6. The third-order valence-electron chi connectivity index (χ3n) is 7.84. The number of benzene rings is 2. The second kappa shape index (κ2) is 10.9. The number of likely N-dealkylation sites (tertiary alicyclic amines) is 1. The summed E-state index contributed by atoms with van der Waals surface area (Å²) in [5.41, 5.74) is 7.98. The Morgan fingerprint density at radius 2 is 1.68 bits per heavy atom. The molecule has 0 radical (unpaired) electrons. The first-order valence-electron chi connectivity index (χ1n) is 12.9. The molecule has 0 bridgehead atoms. The van der Waals surface area contributed by atoms with E-state index in [2.05, 4.69) is 61.1 Å². The Balaban J connectivity index is 1.46. The number of hydrogen-bond acceptors (Lipinski definition) is 4. The first kappa shape index (κ1) is 24.7. The van der Waals surface area contributed by atoms with Crippen LogP contribution in [0.15, 0.2) is 35.3 Å². The van der Waals surface area contributed by atoms with Gasteiger partial charge in [0.05, 0.1) is 0 Å². The number of nitrogens with zero attached hydrogens (tertiary/aromatic N) is 2. The predicted molar refractivity (Wildman–Crippen MR) is 141 cm³/mol. The smallest absolute Gasteiger partial charge is 0.166 e. The molecule has 1 atom stereocenters. The van der Waals surface area contributed by atoms with Crippen LogP contribution in [0, 0.1) is 19.8 Å². The van der Waals surface area contributed by atoms with Gasteiger partial charge in [0.1, 0.15) is 11.9 Å². The molecular weight excluding hydrogens is 420 g/mol. The Morgan fingerprint density at radius 3 is 2.41 bits per heavy atom. The number of aliphatic imine (C=N–C) groups is 1. The van der Waals surface area contributed by atoms with Crippen LogP contribution in [-0.4, -0.2) is 49.7 Å². The molecular formula is C30H40N2O2. The highest BCUT2D eigenvalue weighted by atomic mass is 16.5. The number of carbonyl (C=O) groups is 1. The summed E-state index contributed by atoms with van der Waals surface area (Å²) in [6.07, 6.45) is 7.38. The SMILES string of the molecule is CN=C(C)c1cc(C(=O)C2CCCc3cc(OC4CCN(C)CC4)ccc3CC2)c(C)cc1C. The first-order valence-corrected chi connectivity index (χ1v) is 12.9. The van der Waals surface area contributed by atoms with Crippen LogP contribution >= 0.6 is 0 Å². The Labute approximate surface area is 205 Å². The van der Waals surface area contributed by atoms with E-state index in [1.165, 1.54) is 16.7 Å². The van der Waals surface area contributed by atoms with Crippen molar-refractivity contribution in [2.24, 2.45) is 10.9 Å². The van der Waals surface area contributed by atoms with Crippen LogP contribution in [0.25, 0.3) is 0 Å². The molecule has 1 aliphatic heterocycles. The van der Waals surface area contributed by atoms with Gasteiger partial charge in [0, 0.05) is 37.3 Å². The van der Waals surface area contributed by atoms with Gasteiger partial charge in [0.2, 0.25) is 0 Å². The number of carbonyl (C=O) groups excluding carboxylic acids is 1.